The second kappa shape index (κ2) is 12.8. The molecule has 0 atom stereocenters. The Morgan fingerprint density at radius 1 is 1.26 bits per heavy atom. The Morgan fingerprint density at radius 3 is 2.57 bits per heavy atom. The van der Waals surface area contributed by atoms with Crippen LogP contribution in [0.25, 0.3) is 0 Å². The highest BCUT2D eigenvalue weighted by Gasteiger charge is 2.05. The van der Waals surface area contributed by atoms with Crippen LogP contribution in [0, 0.1) is 0 Å². The molecule has 134 valence electrons. The molecule has 8 heteroatoms. The van der Waals surface area contributed by atoms with E-state index in [-0.39, 0.29) is 24.0 Å². The Bertz CT molecular complexity index is 449. The minimum absolute atomic E-state index is 0. The van der Waals surface area contributed by atoms with Gasteiger partial charge in [0.05, 0.1) is 12.2 Å². The van der Waals surface area contributed by atoms with Crippen LogP contribution in [0.4, 0.5) is 5.13 Å². The average Bonchev–Trinajstić information content (AvgIpc) is 2.97. The highest BCUT2D eigenvalue weighted by Crippen LogP contribution is 2.17. The van der Waals surface area contributed by atoms with Gasteiger partial charge in [-0.05, 0) is 20.0 Å². The summed E-state index contributed by atoms with van der Waals surface area (Å²) in [5, 5.41) is 9.74. The van der Waals surface area contributed by atoms with Crippen molar-refractivity contribution in [1.29, 1.82) is 0 Å². The van der Waals surface area contributed by atoms with Crippen LogP contribution in [0.3, 0.4) is 0 Å². The van der Waals surface area contributed by atoms with Crippen LogP contribution in [0.2, 0.25) is 0 Å². The molecule has 1 aromatic heterocycles. The van der Waals surface area contributed by atoms with E-state index in [1.807, 2.05) is 19.0 Å². The summed E-state index contributed by atoms with van der Waals surface area (Å²) in [7, 11) is 7.96. The van der Waals surface area contributed by atoms with Crippen molar-refractivity contribution in [3.8, 4) is 0 Å². The maximum absolute atomic E-state index is 4.55. The van der Waals surface area contributed by atoms with Crippen LogP contribution in [-0.4, -0.2) is 63.7 Å². The number of aliphatic imine (C=N–C) groups is 1. The molecule has 0 bridgehead atoms. The number of likely N-dealkylation sites (N-methyl/N-ethyl adjacent to an activating group) is 1. The lowest BCUT2D eigenvalue weighted by Gasteiger charge is -2.17. The number of guanidine groups is 1. The molecule has 6 nitrogen and oxygen atoms in total. The van der Waals surface area contributed by atoms with Crippen LogP contribution >= 0.6 is 35.3 Å². The number of unbranched alkanes of at least 4 members (excludes halogenated alkanes) is 1. The highest BCUT2D eigenvalue weighted by atomic mass is 127. The molecule has 0 unspecified atom stereocenters. The summed E-state index contributed by atoms with van der Waals surface area (Å²) in [6.45, 7) is 5.96. The standard InChI is InChI=1S/C15H30N6S.HI/c1-6-7-9-21(5)10-8-17-14(16-2)18-11-13-12-22-15(19-13)20(3)4;/h12H,6-11H2,1-5H3,(H2,16,17,18);1H. The Morgan fingerprint density at radius 2 is 2.00 bits per heavy atom. The van der Waals surface area contributed by atoms with Gasteiger partial charge in [0.25, 0.3) is 0 Å². The van der Waals surface area contributed by atoms with Crippen molar-refractivity contribution in [1.82, 2.24) is 20.5 Å². The smallest absolute Gasteiger partial charge is 0.191 e. The summed E-state index contributed by atoms with van der Waals surface area (Å²) in [5.74, 6) is 0.822. The SMILES string of the molecule is CCCCN(C)CCNC(=NC)NCc1csc(N(C)C)n1.I. The number of nitrogens with one attached hydrogen (secondary N) is 2. The molecule has 1 heterocycles. The van der Waals surface area contributed by atoms with Gasteiger partial charge in [0, 0.05) is 39.6 Å². The molecular formula is C15H31IN6S. The van der Waals surface area contributed by atoms with Crippen LogP contribution in [0.5, 0.6) is 0 Å². The van der Waals surface area contributed by atoms with Crippen molar-refractivity contribution < 1.29 is 0 Å². The molecular weight excluding hydrogens is 423 g/mol. The van der Waals surface area contributed by atoms with Gasteiger partial charge in [0.1, 0.15) is 0 Å². The summed E-state index contributed by atoms with van der Waals surface area (Å²) >= 11 is 1.65. The molecule has 2 N–H and O–H groups in total. The minimum atomic E-state index is 0. The zero-order valence-electron chi connectivity index (χ0n) is 14.9. The third-order valence-corrected chi connectivity index (χ3v) is 4.32. The van der Waals surface area contributed by atoms with Gasteiger partial charge in [-0.3, -0.25) is 4.99 Å². The molecule has 0 spiro atoms. The molecule has 23 heavy (non-hydrogen) atoms. The lowest BCUT2D eigenvalue weighted by Crippen LogP contribution is -2.40. The topological polar surface area (TPSA) is 55.8 Å². The van der Waals surface area contributed by atoms with E-state index in [0.29, 0.717) is 6.54 Å². The van der Waals surface area contributed by atoms with Gasteiger partial charge < -0.3 is 20.4 Å². The lowest BCUT2D eigenvalue weighted by molar-refractivity contribution is 0.332. The van der Waals surface area contributed by atoms with Gasteiger partial charge in [-0.2, -0.15) is 0 Å². The fourth-order valence-corrected chi connectivity index (χ4v) is 2.64. The fraction of sp³-hybridized carbons (Fsp3) is 0.733. The molecule has 0 aliphatic rings. The molecule has 0 radical (unpaired) electrons. The predicted octanol–water partition coefficient (Wildman–Crippen LogP) is 2.22. The summed E-state index contributed by atoms with van der Waals surface area (Å²) in [4.78, 5) is 13.2. The van der Waals surface area contributed by atoms with E-state index in [1.54, 1.807) is 18.4 Å². The lowest BCUT2D eigenvalue weighted by atomic mass is 10.3. The summed E-state index contributed by atoms with van der Waals surface area (Å²) in [5.41, 5.74) is 1.04. The predicted molar refractivity (Wildman–Crippen MR) is 112 cm³/mol. The molecule has 0 aliphatic carbocycles. The van der Waals surface area contributed by atoms with E-state index in [9.17, 15) is 0 Å². The number of aromatic nitrogens is 1. The molecule has 0 aliphatic heterocycles. The Labute approximate surface area is 161 Å². The average molecular weight is 454 g/mol. The summed E-state index contributed by atoms with van der Waals surface area (Å²) < 4.78 is 0. The second-order valence-corrected chi connectivity index (χ2v) is 6.36. The quantitative estimate of drug-likeness (QED) is 0.341. The number of hydrogen-bond donors (Lipinski definition) is 2. The zero-order chi connectivity index (χ0) is 16.4. The number of anilines is 1. The number of thiazole rings is 1. The Kier molecular flexibility index (Phi) is 12.4. The van der Waals surface area contributed by atoms with Crippen LogP contribution < -0.4 is 15.5 Å². The highest BCUT2D eigenvalue weighted by molar-refractivity contribution is 14.0. The molecule has 1 aromatic rings. The molecule has 0 aromatic carbocycles. The molecule has 0 fully saturated rings. The van der Waals surface area contributed by atoms with Gasteiger partial charge in [0.2, 0.25) is 0 Å². The van der Waals surface area contributed by atoms with E-state index in [2.05, 4.69) is 44.9 Å². The van der Waals surface area contributed by atoms with Gasteiger partial charge in [-0.1, -0.05) is 13.3 Å². The van der Waals surface area contributed by atoms with Gasteiger partial charge in [-0.15, -0.1) is 35.3 Å². The molecule has 0 amide bonds. The van der Waals surface area contributed by atoms with Gasteiger partial charge in [0.15, 0.2) is 11.1 Å². The maximum atomic E-state index is 4.55. The van der Waals surface area contributed by atoms with Gasteiger partial charge >= 0.3 is 0 Å². The van der Waals surface area contributed by atoms with Crippen molar-refractivity contribution in [3.05, 3.63) is 11.1 Å². The number of hydrogen-bond acceptors (Lipinski definition) is 5. The Balaban J connectivity index is 0.00000484. The minimum Gasteiger partial charge on any atom is -0.355 e. The van der Waals surface area contributed by atoms with Crippen molar-refractivity contribution in [2.45, 2.75) is 26.3 Å². The first kappa shape index (κ1) is 22.4. The van der Waals surface area contributed by atoms with E-state index in [1.165, 1.54) is 12.8 Å². The monoisotopic (exact) mass is 454 g/mol. The Hall–Kier alpha value is -0.610. The number of nitrogens with zero attached hydrogens (tertiary/aromatic N) is 4. The van der Waals surface area contributed by atoms with Crippen molar-refractivity contribution in [3.63, 3.8) is 0 Å². The van der Waals surface area contributed by atoms with Gasteiger partial charge in [-0.25, -0.2) is 4.98 Å². The number of rotatable bonds is 9. The molecule has 0 saturated heterocycles. The summed E-state index contributed by atoms with van der Waals surface area (Å²) in [6, 6.07) is 0. The van der Waals surface area contributed by atoms with Crippen LogP contribution in [-0.2, 0) is 6.54 Å². The third kappa shape index (κ3) is 9.31. The van der Waals surface area contributed by atoms with Crippen molar-refractivity contribution in [2.75, 3.05) is 52.7 Å². The van der Waals surface area contributed by atoms with E-state index < -0.39 is 0 Å². The number of halogens is 1. The van der Waals surface area contributed by atoms with E-state index in [0.717, 1.165) is 36.4 Å². The van der Waals surface area contributed by atoms with E-state index >= 15 is 0 Å². The first-order chi connectivity index (χ1) is 10.6. The first-order valence-electron chi connectivity index (χ1n) is 7.81. The zero-order valence-corrected chi connectivity index (χ0v) is 18.1. The molecule has 1 rings (SSSR count). The largest absolute Gasteiger partial charge is 0.355 e. The van der Waals surface area contributed by atoms with E-state index in [4.69, 9.17) is 0 Å². The third-order valence-electron chi connectivity index (χ3n) is 3.26. The molecule has 0 saturated carbocycles. The maximum Gasteiger partial charge on any atom is 0.191 e. The summed E-state index contributed by atoms with van der Waals surface area (Å²) in [6.07, 6.45) is 2.49. The fourth-order valence-electron chi connectivity index (χ4n) is 1.88. The first-order valence-corrected chi connectivity index (χ1v) is 8.69. The van der Waals surface area contributed by atoms with Crippen LogP contribution in [0.1, 0.15) is 25.5 Å². The normalized spacial score (nSPS) is 11.3. The van der Waals surface area contributed by atoms with Crippen molar-refractivity contribution >= 4 is 46.4 Å². The second-order valence-electron chi connectivity index (χ2n) is 5.53. The van der Waals surface area contributed by atoms with Crippen LogP contribution in [0.15, 0.2) is 10.4 Å². The van der Waals surface area contributed by atoms with Crippen molar-refractivity contribution in [2.24, 2.45) is 4.99 Å².